The number of amides is 1. The quantitative estimate of drug-likeness (QED) is 0.883. The average molecular weight is 259 g/mol. The molecule has 0 saturated heterocycles. The summed E-state index contributed by atoms with van der Waals surface area (Å²) in [5.41, 5.74) is 0.867. The summed E-state index contributed by atoms with van der Waals surface area (Å²) >= 11 is 0. The molecule has 1 aromatic rings. The topological polar surface area (TPSA) is 65.4 Å². The van der Waals surface area contributed by atoms with Crippen LogP contribution in [0.4, 0.5) is 11.4 Å². The third kappa shape index (κ3) is 2.34. The molecule has 5 nitrogen and oxygen atoms in total. The van der Waals surface area contributed by atoms with E-state index in [2.05, 4.69) is 11.4 Å². The Labute approximate surface area is 112 Å². The molecule has 100 valence electrons. The van der Waals surface area contributed by atoms with Gasteiger partial charge in [-0.05, 0) is 39.0 Å². The van der Waals surface area contributed by atoms with Gasteiger partial charge in [-0.1, -0.05) is 0 Å². The van der Waals surface area contributed by atoms with Crippen LogP contribution in [-0.4, -0.2) is 24.6 Å². The van der Waals surface area contributed by atoms with Crippen molar-refractivity contribution in [2.24, 2.45) is 0 Å². The highest BCUT2D eigenvalue weighted by Crippen LogP contribution is 2.34. The van der Waals surface area contributed by atoms with Crippen LogP contribution in [-0.2, 0) is 4.79 Å². The van der Waals surface area contributed by atoms with E-state index in [9.17, 15) is 4.79 Å². The Bertz CT molecular complexity index is 560. The van der Waals surface area contributed by atoms with Crippen molar-refractivity contribution in [1.29, 1.82) is 5.26 Å². The summed E-state index contributed by atoms with van der Waals surface area (Å²) in [6.07, 6.45) is -0.480. The van der Waals surface area contributed by atoms with E-state index in [0.717, 1.165) is 5.69 Å². The highest BCUT2D eigenvalue weighted by molar-refractivity contribution is 5.98. The van der Waals surface area contributed by atoms with Crippen molar-refractivity contribution in [3.63, 3.8) is 0 Å². The standard InChI is InChI=1S/C14H17N3O2/c1-9-13(18)16-11-7-10(5-6-12(11)19-9)17(4)14(2,3)8-15/h5-7,9H,1-4H3,(H,16,18). The highest BCUT2D eigenvalue weighted by atomic mass is 16.5. The Kier molecular flexibility index (Phi) is 3.11. The number of carbonyl (C=O) groups is 1. The summed E-state index contributed by atoms with van der Waals surface area (Å²) in [6.45, 7) is 5.38. The molecule has 1 aromatic carbocycles. The van der Waals surface area contributed by atoms with Crippen molar-refractivity contribution in [3.8, 4) is 11.8 Å². The molecule has 1 heterocycles. The first-order valence-corrected chi connectivity index (χ1v) is 6.12. The zero-order valence-corrected chi connectivity index (χ0v) is 11.5. The fraction of sp³-hybridized carbons (Fsp3) is 0.429. The van der Waals surface area contributed by atoms with E-state index in [1.54, 1.807) is 6.92 Å². The Morgan fingerprint density at radius 3 is 2.79 bits per heavy atom. The second-order valence-corrected chi connectivity index (χ2v) is 5.16. The van der Waals surface area contributed by atoms with Gasteiger partial charge in [0, 0.05) is 12.7 Å². The van der Waals surface area contributed by atoms with Crippen molar-refractivity contribution in [2.45, 2.75) is 32.4 Å². The molecule has 0 bridgehead atoms. The SMILES string of the molecule is CC1Oc2ccc(N(C)C(C)(C)C#N)cc2NC1=O. The van der Waals surface area contributed by atoms with Gasteiger partial charge in [0.1, 0.15) is 11.3 Å². The van der Waals surface area contributed by atoms with E-state index in [-0.39, 0.29) is 5.91 Å². The lowest BCUT2D eigenvalue weighted by Crippen LogP contribution is -2.40. The van der Waals surface area contributed by atoms with Gasteiger partial charge in [0.2, 0.25) is 0 Å². The minimum atomic E-state index is -0.624. The minimum Gasteiger partial charge on any atom is -0.479 e. The normalized spacial score (nSPS) is 17.8. The van der Waals surface area contributed by atoms with Crippen molar-refractivity contribution < 1.29 is 9.53 Å². The Morgan fingerprint density at radius 2 is 2.16 bits per heavy atom. The molecule has 0 aromatic heterocycles. The number of anilines is 2. The highest BCUT2D eigenvalue weighted by Gasteiger charge is 2.27. The summed E-state index contributed by atoms with van der Waals surface area (Å²) in [4.78, 5) is 13.4. The van der Waals surface area contributed by atoms with Gasteiger partial charge in [0.25, 0.3) is 5.91 Å². The van der Waals surface area contributed by atoms with Crippen molar-refractivity contribution in [3.05, 3.63) is 18.2 Å². The van der Waals surface area contributed by atoms with Gasteiger partial charge in [-0.25, -0.2) is 0 Å². The molecule has 1 unspecified atom stereocenters. The Morgan fingerprint density at radius 1 is 1.47 bits per heavy atom. The van der Waals surface area contributed by atoms with Crippen LogP contribution >= 0.6 is 0 Å². The van der Waals surface area contributed by atoms with Gasteiger partial charge in [-0.15, -0.1) is 0 Å². The molecule has 0 aliphatic carbocycles. The molecule has 1 atom stereocenters. The molecular formula is C14H17N3O2. The number of rotatable bonds is 2. The summed E-state index contributed by atoms with van der Waals surface area (Å²) < 4.78 is 5.50. The average Bonchev–Trinajstić information content (AvgIpc) is 2.38. The number of carbonyl (C=O) groups excluding carboxylic acids is 1. The van der Waals surface area contributed by atoms with Crippen LogP contribution in [0.25, 0.3) is 0 Å². The first kappa shape index (κ1) is 13.2. The van der Waals surface area contributed by atoms with E-state index in [0.29, 0.717) is 11.4 Å². The summed E-state index contributed by atoms with van der Waals surface area (Å²) in [5, 5.41) is 12.0. The van der Waals surface area contributed by atoms with E-state index < -0.39 is 11.6 Å². The van der Waals surface area contributed by atoms with Gasteiger partial charge in [0.05, 0.1) is 11.8 Å². The third-order valence-electron chi connectivity index (χ3n) is 3.39. The molecule has 2 rings (SSSR count). The third-order valence-corrected chi connectivity index (χ3v) is 3.39. The minimum absolute atomic E-state index is 0.160. The van der Waals surface area contributed by atoms with Gasteiger partial charge < -0.3 is 15.0 Å². The molecule has 0 radical (unpaired) electrons. The number of nitrogens with zero attached hydrogens (tertiary/aromatic N) is 2. The maximum absolute atomic E-state index is 11.6. The van der Waals surface area contributed by atoms with Crippen LogP contribution in [0.2, 0.25) is 0 Å². The van der Waals surface area contributed by atoms with E-state index in [4.69, 9.17) is 10.00 Å². The van der Waals surface area contributed by atoms with Crippen LogP contribution in [0.1, 0.15) is 20.8 Å². The maximum atomic E-state index is 11.6. The molecule has 0 spiro atoms. The zero-order chi connectivity index (χ0) is 14.2. The molecule has 1 aliphatic heterocycles. The van der Waals surface area contributed by atoms with Gasteiger partial charge in [-0.2, -0.15) is 5.26 Å². The Hall–Kier alpha value is -2.22. The number of benzene rings is 1. The maximum Gasteiger partial charge on any atom is 0.265 e. The van der Waals surface area contributed by atoms with E-state index in [1.807, 2.05) is 44.0 Å². The molecule has 0 fully saturated rings. The largest absolute Gasteiger partial charge is 0.479 e. The number of nitriles is 1. The fourth-order valence-electron chi connectivity index (χ4n) is 1.80. The predicted octanol–water partition coefficient (Wildman–Crippen LogP) is 2.14. The van der Waals surface area contributed by atoms with Crippen LogP contribution in [0.3, 0.4) is 0 Å². The Balaban J connectivity index is 2.35. The number of fused-ring (bicyclic) bond motifs is 1. The van der Waals surface area contributed by atoms with Crippen LogP contribution in [0, 0.1) is 11.3 Å². The van der Waals surface area contributed by atoms with Gasteiger partial charge in [0.15, 0.2) is 6.10 Å². The van der Waals surface area contributed by atoms with E-state index in [1.165, 1.54) is 0 Å². The smallest absolute Gasteiger partial charge is 0.265 e. The molecule has 1 N–H and O–H groups in total. The monoisotopic (exact) mass is 259 g/mol. The zero-order valence-electron chi connectivity index (χ0n) is 11.5. The molecule has 1 amide bonds. The second-order valence-electron chi connectivity index (χ2n) is 5.16. The lowest BCUT2D eigenvalue weighted by atomic mass is 10.0. The number of ether oxygens (including phenoxy) is 1. The van der Waals surface area contributed by atoms with Crippen molar-refractivity contribution >= 4 is 17.3 Å². The number of nitrogens with one attached hydrogen (secondary N) is 1. The van der Waals surface area contributed by atoms with Gasteiger partial charge >= 0.3 is 0 Å². The molecular weight excluding hydrogens is 242 g/mol. The van der Waals surface area contributed by atoms with Gasteiger partial charge in [-0.3, -0.25) is 4.79 Å². The summed E-state index contributed by atoms with van der Waals surface area (Å²) in [5.74, 6) is 0.492. The van der Waals surface area contributed by atoms with Crippen molar-refractivity contribution in [2.75, 3.05) is 17.3 Å². The molecule has 1 aliphatic rings. The molecule has 5 heteroatoms. The molecule has 19 heavy (non-hydrogen) atoms. The summed E-state index contributed by atoms with van der Waals surface area (Å²) in [7, 11) is 1.85. The number of hydrogen-bond acceptors (Lipinski definition) is 4. The first-order valence-electron chi connectivity index (χ1n) is 6.12. The van der Waals surface area contributed by atoms with Crippen LogP contribution in [0.5, 0.6) is 5.75 Å². The van der Waals surface area contributed by atoms with E-state index >= 15 is 0 Å². The molecule has 0 saturated carbocycles. The number of hydrogen-bond donors (Lipinski definition) is 1. The van der Waals surface area contributed by atoms with Crippen molar-refractivity contribution in [1.82, 2.24) is 0 Å². The van der Waals surface area contributed by atoms with Crippen LogP contribution < -0.4 is 15.0 Å². The first-order chi connectivity index (χ1) is 8.85. The second kappa shape index (κ2) is 4.47. The lowest BCUT2D eigenvalue weighted by molar-refractivity contribution is -0.122. The van der Waals surface area contributed by atoms with Crippen LogP contribution in [0.15, 0.2) is 18.2 Å². The predicted molar refractivity (Wildman–Crippen MR) is 73.3 cm³/mol. The lowest BCUT2D eigenvalue weighted by Gasteiger charge is -2.32. The summed E-state index contributed by atoms with van der Waals surface area (Å²) in [6, 6.07) is 7.75. The fourth-order valence-corrected chi connectivity index (χ4v) is 1.80.